The SMILES string of the molecule is CC(=O)NCCNCc1ccc(C2CC2)cc1. The van der Waals surface area contributed by atoms with Gasteiger partial charge in [-0.15, -0.1) is 0 Å². The number of carbonyl (C=O) groups excluding carboxylic acids is 1. The number of hydrogen-bond acceptors (Lipinski definition) is 2. The van der Waals surface area contributed by atoms with Gasteiger partial charge in [0, 0.05) is 26.6 Å². The summed E-state index contributed by atoms with van der Waals surface area (Å²) in [6.45, 7) is 3.90. The lowest BCUT2D eigenvalue weighted by molar-refractivity contribution is -0.118. The van der Waals surface area contributed by atoms with Gasteiger partial charge in [-0.2, -0.15) is 0 Å². The van der Waals surface area contributed by atoms with Crippen molar-refractivity contribution in [3.63, 3.8) is 0 Å². The first-order chi connectivity index (χ1) is 8.25. The summed E-state index contributed by atoms with van der Waals surface area (Å²) >= 11 is 0. The zero-order valence-corrected chi connectivity index (χ0v) is 10.3. The van der Waals surface area contributed by atoms with Crippen molar-refractivity contribution in [1.29, 1.82) is 0 Å². The Morgan fingerprint density at radius 1 is 1.24 bits per heavy atom. The maximum absolute atomic E-state index is 10.6. The molecule has 1 aromatic rings. The van der Waals surface area contributed by atoms with E-state index in [2.05, 4.69) is 34.9 Å². The Bertz CT molecular complexity index is 368. The summed E-state index contributed by atoms with van der Waals surface area (Å²) in [4.78, 5) is 10.6. The van der Waals surface area contributed by atoms with Crippen molar-refractivity contribution in [2.45, 2.75) is 32.2 Å². The van der Waals surface area contributed by atoms with Crippen LogP contribution in [0, 0.1) is 0 Å². The minimum atomic E-state index is 0.0283. The van der Waals surface area contributed by atoms with E-state index >= 15 is 0 Å². The summed E-state index contributed by atoms with van der Waals surface area (Å²) < 4.78 is 0. The largest absolute Gasteiger partial charge is 0.355 e. The van der Waals surface area contributed by atoms with Gasteiger partial charge in [0.05, 0.1) is 0 Å². The Kier molecular flexibility index (Phi) is 4.15. The molecule has 0 aromatic heterocycles. The molecule has 3 nitrogen and oxygen atoms in total. The van der Waals surface area contributed by atoms with E-state index in [-0.39, 0.29) is 5.91 Å². The van der Waals surface area contributed by atoms with Gasteiger partial charge in [0.25, 0.3) is 0 Å². The van der Waals surface area contributed by atoms with Crippen LogP contribution in [-0.2, 0) is 11.3 Å². The Morgan fingerprint density at radius 3 is 2.53 bits per heavy atom. The third-order valence-electron chi connectivity index (χ3n) is 3.03. The summed E-state index contributed by atoms with van der Waals surface area (Å²) in [7, 11) is 0. The fourth-order valence-electron chi connectivity index (χ4n) is 1.88. The molecule has 17 heavy (non-hydrogen) atoms. The molecule has 2 rings (SSSR count). The highest BCUT2D eigenvalue weighted by Crippen LogP contribution is 2.39. The molecule has 1 aliphatic rings. The van der Waals surface area contributed by atoms with E-state index in [9.17, 15) is 4.79 Å². The van der Waals surface area contributed by atoms with E-state index in [1.54, 1.807) is 0 Å². The van der Waals surface area contributed by atoms with E-state index in [0.717, 1.165) is 19.0 Å². The average Bonchev–Trinajstić information content (AvgIpc) is 3.13. The van der Waals surface area contributed by atoms with Crippen LogP contribution in [0.4, 0.5) is 0 Å². The van der Waals surface area contributed by atoms with Crippen molar-refractivity contribution < 1.29 is 4.79 Å². The summed E-state index contributed by atoms with van der Waals surface area (Å²) in [5.74, 6) is 0.859. The van der Waals surface area contributed by atoms with Crippen LogP contribution in [0.2, 0.25) is 0 Å². The molecule has 1 saturated carbocycles. The molecular weight excluding hydrogens is 212 g/mol. The van der Waals surface area contributed by atoms with Crippen molar-refractivity contribution in [3.8, 4) is 0 Å². The first kappa shape index (κ1) is 12.1. The van der Waals surface area contributed by atoms with Crippen LogP contribution in [0.5, 0.6) is 0 Å². The summed E-state index contributed by atoms with van der Waals surface area (Å²) in [6.07, 6.45) is 2.71. The van der Waals surface area contributed by atoms with Gasteiger partial charge in [0.1, 0.15) is 0 Å². The van der Waals surface area contributed by atoms with Crippen molar-refractivity contribution in [3.05, 3.63) is 35.4 Å². The quantitative estimate of drug-likeness (QED) is 0.734. The van der Waals surface area contributed by atoms with Gasteiger partial charge in [0.2, 0.25) is 5.91 Å². The van der Waals surface area contributed by atoms with Crippen molar-refractivity contribution >= 4 is 5.91 Å². The van der Waals surface area contributed by atoms with E-state index in [1.165, 1.54) is 30.9 Å². The highest BCUT2D eigenvalue weighted by Gasteiger charge is 2.22. The molecule has 0 unspecified atom stereocenters. The molecular formula is C14H20N2O. The van der Waals surface area contributed by atoms with Gasteiger partial charge in [-0.25, -0.2) is 0 Å². The van der Waals surface area contributed by atoms with Crippen LogP contribution in [0.3, 0.4) is 0 Å². The average molecular weight is 232 g/mol. The fraction of sp³-hybridized carbons (Fsp3) is 0.500. The van der Waals surface area contributed by atoms with E-state index in [4.69, 9.17) is 0 Å². The number of hydrogen-bond donors (Lipinski definition) is 2. The van der Waals surface area contributed by atoms with Crippen LogP contribution in [0.15, 0.2) is 24.3 Å². The number of carbonyl (C=O) groups is 1. The Balaban J connectivity index is 1.66. The Hall–Kier alpha value is -1.35. The smallest absolute Gasteiger partial charge is 0.216 e. The van der Waals surface area contributed by atoms with E-state index in [0.29, 0.717) is 6.54 Å². The maximum atomic E-state index is 10.6. The van der Waals surface area contributed by atoms with Gasteiger partial charge >= 0.3 is 0 Å². The molecule has 3 heteroatoms. The second-order valence-corrected chi connectivity index (χ2v) is 4.68. The van der Waals surface area contributed by atoms with Gasteiger partial charge in [-0.3, -0.25) is 4.79 Å². The molecule has 92 valence electrons. The highest BCUT2D eigenvalue weighted by atomic mass is 16.1. The topological polar surface area (TPSA) is 41.1 Å². The predicted octanol–water partition coefficient (Wildman–Crippen LogP) is 1.79. The molecule has 1 aliphatic carbocycles. The minimum Gasteiger partial charge on any atom is -0.355 e. The molecule has 1 fully saturated rings. The molecule has 0 heterocycles. The molecule has 0 radical (unpaired) electrons. The van der Waals surface area contributed by atoms with Crippen LogP contribution in [0.25, 0.3) is 0 Å². The first-order valence-corrected chi connectivity index (χ1v) is 6.29. The molecule has 2 N–H and O–H groups in total. The second kappa shape index (κ2) is 5.82. The molecule has 0 aliphatic heterocycles. The van der Waals surface area contributed by atoms with Gasteiger partial charge in [-0.1, -0.05) is 24.3 Å². The third-order valence-corrected chi connectivity index (χ3v) is 3.03. The standard InChI is InChI=1S/C14H20N2O/c1-11(17)16-9-8-15-10-12-2-4-13(5-3-12)14-6-7-14/h2-5,14-15H,6-10H2,1H3,(H,16,17). The van der Waals surface area contributed by atoms with Crippen LogP contribution < -0.4 is 10.6 Å². The van der Waals surface area contributed by atoms with E-state index in [1.807, 2.05) is 0 Å². The number of rotatable bonds is 6. The maximum Gasteiger partial charge on any atom is 0.216 e. The zero-order valence-electron chi connectivity index (χ0n) is 10.3. The molecule has 0 spiro atoms. The van der Waals surface area contributed by atoms with Crippen LogP contribution >= 0.6 is 0 Å². The normalized spacial score (nSPS) is 14.6. The lowest BCUT2D eigenvalue weighted by atomic mass is 10.1. The lowest BCUT2D eigenvalue weighted by Gasteiger charge is -2.06. The first-order valence-electron chi connectivity index (χ1n) is 6.29. The summed E-state index contributed by atoms with van der Waals surface area (Å²) in [5, 5.41) is 6.07. The molecule has 0 atom stereocenters. The predicted molar refractivity (Wildman–Crippen MR) is 68.8 cm³/mol. The van der Waals surface area contributed by atoms with Gasteiger partial charge < -0.3 is 10.6 Å². The minimum absolute atomic E-state index is 0.0283. The van der Waals surface area contributed by atoms with Gasteiger partial charge in [-0.05, 0) is 29.9 Å². The molecule has 0 saturated heterocycles. The fourth-order valence-corrected chi connectivity index (χ4v) is 1.88. The van der Waals surface area contributed by atoms with Crippen molar-refractivity contribution in [2.24, 2.45) is 0 Å². The second-order valence-electron chi connectivity index (χ2n) is 4.68. The number of benzene rings is 1. The highest BCUT2D eigenvalue weighted by molar-refractivity contribution is 5.72. The van der Waals surface area contributed by atoms with Crippen LogP contribution in [-0.4, -0.2) is 19.0 Å². The summed E-state index contributed by atoms with van der Waals surface area (Å²) in [6, 6.07) is 8.86. The summed E-state index contributed by atoms with van der Waals surface area (Å²) in [5.41, 5.74) is 2.78. The van der Waals surface area contributed by atoms with E-state index < -0.39 is 0 Å². The number of amides is 1. The molecule has 0 bridgehead atoms. The third kappa shape index (κ3) is 4.19. The zero-order chi connectivity index (χ0) is 12.1. The monoisotopic (exact) mass is 232 g/mol. The Morgan fingerprint density at radius 2 is 1.94 bits per heavy atom. The Labute approximate surface area is 103 Å². The number of nitrogens with one attached hydrogen (secondary N) is 2. The molecule has 1 amide bonds. The molecule has 1 aromatic carbocycles. The van der Waals surface area contributed by atoms with Crippen molar-refractivity contribution in [2.75, 3.05) is 13.1 Å². The van der Waals surface area contributed by atoms with Gasteiger partial charge in [0.15, 0.2) is 0 Å². The van der Waals surface area contributed by atoms with Crippen LogP contribution in [0.1, 0.15) is 36.8 Å². The lowest BCUT2D eigenvalue weighted by Crippen LogP contribution is -2.29. The van der Waals surface area contributed by atoms with Crippen molar-refractivity contribution in [1.82, 2.24) is 10.6 Å².